The summed E-state index contributed by atoms with van der Waals surface area (Å²) in [6.45, 7) is 0.999. The first-order valence-electron chi connectivity index (χ1n) is 12.2. The first-order chi connectivity index (χ1) is 18.0. The van der Waals surface area contributed by atoms with Crippen molar-refractivity contribution in [3.8, 4) is 11.4 Å². The fourth-order valence-electron chi connectivity index (χ4n) is 4.53. The molecule has 0 bridgehead atoms. The number of para-hydroxylation sites is 1. The average molecular weight is 565 g/mol. The normalized spacial score (nSPS) is 12.2. The van der Waals surface area contributed by atoms with E-state index in [9.17, 15) is 14.3 Å². The summed E-state index contributed by atoms with van der Waals surface area (Å²) >= 11 is 3.31. The Morgan fingerprint density at radius 3 is 2.76 bits per heavy atom. The number of nitrogens with one attached hydrogen (secondary N) is 1. The molecule has 0 spiro atoms. The van der Waals surface area contributed by atoms with Gasteiger partial charge in [-0.05, 0) is 82.4 Å². The molecule has 0 fully saturated rings. The molecule has 0 unspecified atom stereocenters. The Labute approximate surface area is 222 Å². The van der Waals surface area contributed by atoms with Gasteiger partial charge in [-0.1, -0.05) is 23.4 Å². The zero-order chi connectivity index (χ0) is 25.8. The van der Waals surface area contributed by atoms with E-state index < -0.39 is 0 Å². The summed E-state index contributed by atoms with van der Waals surface area (Å²) in [4.78, 5) is 19.3. The Morgan fingerprint density at radius 1 is 1.08 bits per heavy atom. The molecule has 1 aliphatic rings. The summed E-state index contributed by atoms with van der Waals surface area (Å²) in [5, 5.41) is 16.1. The second kappa shape index (κ2) is 11.2. The van der Waals surface area contributed by atoms with Crippen molar-refractivity contribution < 1.29 is 18.8 Å². The molecular weight excluding hydrogens is 539 g/mol. The van der Waals surface area contributed by atoms with Crippen molar-refractivity contribution in [1.29, 1.82) is 0 Å². The van der Waals surface area contributed by atoms with Crippen LogP contribution in [0.15, 0.2) is 69.7 Å². The van der Waals surface area contributed by atoms with E-state index in [2.05, 4.69) is 48.4 Å². The molecule has 0 radical (unpaired) electrons. The van der Waals surface area contributed by atoms with Crippen molar-refractivity contribution >= 4 is 38.9 Å². The van der Waals surface area contributed by atoms with Crippen molar-refractivity contribution in [3.05, 3.63) is 88.0 Å². The van der Waals surface area contributed by atoms with Gasteiger partial charge < -0.3 is 19.8 Å². The van der Waals surface area contributed by atoms with Crippen molar-refractivity contribution in [3.63, 3.8) is 0 Å². The maximum atomic E-state index is 13.3. The van der Waals surface area contributed by atoms with Crippen LogP contribution in [0.25, 0.3) is 11.4 Å². The van der Waals surface area contributed by atoms with Crippen LogP contribution in [-0.4, -0.2) is 34.3 Å². The smallest absolute Gasteiger partial charge is 0.227 e. The maximum Gasteiger partial charge on any atom is 0.227 e. The van der Waals surface area contributed by atoms with Crippen molar-refractivity contribution in [2.75, 3.05) is 23.4 Å². The van der Waals surface area contributed by atoms with Crippen LogP contribution in [-0.2, 0) is 17.6 Å². The molecule has 5 rings (SSSR count). The third-order valence-electron chi connectivity index (χ3n) is 6.31. The molecule has 2 N–H and O–H groups in total. The molecule has 1 amide bonds. The van der Waals surface area contributed by atoms with Crippen LogP contribution in [0.5, 0.6) is 0 Å². The Balaban J connectivity index is 1.24. The third-order valence-corrected chi connectivity index (χ3v) is 6.97. The van der Waals surface area contributed by atoms with Gasteiger partial charge in [0.1, 0.15) is 5.82 Å². The van der Waals surface area contributed by atoms with Gasteiger partial charge in [0.05, 0.1) is 0 Å². The largest absolute Gasteiger partial charge is 0.396 e. The lowest BCUT2D eigenvalue weighted by Gasteiger charge is -2.33. The van der Waals surface area contributed by atoms with Gasteiger partial charge in [-0.2, -0.15) is 4.98 Å². The van der Waals surface area contributed by atoms with E-state index in [-0.39, 0.29) is 31.2 Å². The van der Waals surface area contributed by atoms with Crippen LogP contribution in [0.1, 0.15) is 36.3 Å². The number of amides is 1. The number of halogens is 2. The molecule has 2 heterocycles. The van der Waals surface area contributed by atoms with Crippen LogP contribution in [0.2, 0.25) is 0 Å². The lowest BCUT2D eigenvalue weighted by Crippen LogP contribution is -2.25. The molecule has 1 aliphatic heterocycles. The Bertz CT molecular complexity index is 1420. The minimum atomic E-state index is -0.364. The number of carbonyl (C=O) groups excluding carboxylic acids is 1. The first kappa shape index (κ1) is 25.1. The van der Waals surface area contributed by atoms with Gasteiger partial charge in [0.25, 0.3) is 0 Å². The summed E-state index contributed by atoms with van der Waals surface area (Å²) in [7, 11) is 0. The molecule has 4 aromatic rings. The average Bonchev–Trinajstić information content (AvgIpc) is 3.36. The molecule has 0 saturated heterocycles. The topological polar surface area (TPSA) is 91.5 Å². The van der Waals surface area contributed by atoms with E-state index in [1.165, 1.54) is 23.4 Å². The van der Waals surface area contributed by atoms with Crippen molar-refractivity contribution in [2.45, 2.75) is 32.1 Å². The molecule has 0 saturated carbocycles. The lowest BCUT2D eigenvalue weighted by atomic mass is 9.95. The van der Waals surface area contributed by atoms with E-state index >= 15 is 0 Å². The van der Waals surface area contributed by atoms with Crippen LogP contribution >= 0.6 is 15.9 Å². The van der Waals surface area contributed by atoms with Crippen molar-refractivity contribution in [1.82, 2.24) is 10.1 Å². The SMILES string of the molecule is O=C(CCc1nc(-c2ccc(F)cc2Br)no1)Nc1ccc2c(c1)Cc1ccccc1N2CCCCO. The number of hydrogen-bond donors (Lipinski definition) is 2. The van der Waals surface area contributed by atoms with E-state index in [1.54, 1.807) is 6.07 Å². The highest BCUT2D eigenvalue weighted by Gasteiger charge is 2.22. The minimum absolute atomic E-state index is 0.154. The van der Waals surface area contributed by atoms with Gasteiger partial charge in [-0.25, -0.2) is 4.39 Å². The zero-order valence-electron chi connectivity index (χ0n) is 20.1. The van der Waals surface area contributed by atoms with E-state index in [4.69, 9.17) is 4.52 Å². The predicted octanol–water partition coefficient (Wildman–Crippen LogP) is 6.02. The molecule has 3 aromatic carbocycles. The summed E-state index contributed by atoms with van der Waals surface area (Å²) in [6, 6.07) is 18.6. The number of unbranched alkanes of at least 4 members (excludes halogenated alkanes) is 1. The number of nitrogens with zero attached hydrogens (tertiary/aromatic N) is 3. The molecule has 7 nitrogen and oxygen atoms in total. The van der Waals surface area contributed by atoms with Gasteiger partial charge in [0, 0.05) is 59.5 Å². The number of benzene rings is 3. The van der Waals surface area contributed by atoms with E-state index in [1.807, 2.05) is 30.3 Å². The quantitative estimate of drug-likeness (QED) is 0.241. The molecule has 190 valence electrons. The number of anilines is 3. The zero-order valence-corrected chi connectivity index (χ0v) is 21.7. The van der Waals surface area contributed by atoms with Crippen LogP contribution in [0.4, 0.5) is 21.5 Å². The molecule has 1 aromatic heterocycles. The van der Waals surface area contributed by atoms with Gasteiger partial charge in [0.2, 0.25) is 17.6 Å². The van der Waals surface area contributed by atoms with Crippen LogP contribution < -0.4 is 10.2 Å². The molecule has 0 atom stereocenters. The molecular formula is C28H26BrFN4O3. The fraction of sp³-hybridized carbons (Fsp3) is 0.250. The Kier molecular flexibility index (Phi) is 7.62. The standard InChI is InChI=1S/C28H26BrFN4O3/c29-23-17-20(30)7-9-22(23)28-32-27(37-33-28)12-11-26(36)31-21-8-10-25-19(16-21)15-18-5-1-2-6-24(18)34(25)13-3-4-14-35/h1-2,5-10,16-17,35H,3-4,11-15H2,(H,31,36). The highest BCUT2D eigenvalue weighted by molar-refractivity contribution is 9.10. The summed E-state index contributed by atoms with van der Waals surface area (Å²) in [5.74, 6) is 0.151. The lowest BCUT2D eigenvalue weighted by molar-refractivity contribution is -0.116. The molecule has 9 heteroatoms. The van der Waals surface area contributed by atoms with E-state index in [0.717, 1.165) is 42.7 Å². The number of aromatic nitrogens is 2. The summed E-state index contributed by atoms with van der Waals surface area (Å²) in [6.07, 6.45) is 2.90. The molecule has 37 heavy (non-hydrogen) atoms. The van der Waals surface area contributed by atoms with Gasteiger partial charge in [-0.15, -0.1) is 0 Å². The number of rotatable bonds is 9. The number of hydrogen-bond acceptors (Lipinski definition) is 6. The van der Waals surface area contributed by atoms with Gasteiger partial charge in [-0.3, -0.25) is 4.79 Å². The summed E-state index contributed by atoms with van der Waals surface area (Å²) < 4.78 is 19.2. The Hall–Kier alpha value is -3.56. The van der Waals surface area contributed by atoms with Crippen LogP contribution in [0.3, 0.4) is 0 Å². The monoisotopic (exact) mass is 564 g/mol. The summed E-state index contributed by atoms with van der Waals surface area (Å²) in [5.41, 5.74) is 6.05. The first-order valence-corrected chi connectivity index (χ1v) is 13.0. The Morgan fingerprint density at radius 2 is 1.92 bits per heavy atom. The molecule has 0 aliphatic carbocycles. The number of aryl methyl sites for hydroxylation is 1. The predicted molar refractivity (Wildman–Crippen MR) is 143 cm³/mol. The second-order valence-electron chi connectivity index (χ2n) is 8.92. The van der Waals surface area contributed by atoms with Gasteiger partial charge in [0.15, 0.2) is 0 Å². The number of aliphatic hydroxyl groups is 1. The number of aliphatic hydroxyl groups excluding tert-OH is 1. The van der Waals surface area contributed by atoms with Crippen molar-refractivity contribution in [2.24, 2.45) is 0 Å². The van der Waals surface area contributed by atoms with Crippen LogP contribution in [0, 0.1) is 5.82 Å². The van der Waals surface area contributed by atoms with E-state index in [0.29, 0.717) is 21.8 Å². The highest BCUT2D eigenvalue weighted by atomic mass is 79.9. The third kappa shape index (κ3) is 5.73. The minimum Gasteiger partial charge on any atom is -0.396 e. The fourth-order valence-corrected chi connectivity index (χ4v) is 5.06. The highest BCUT2D eigenvalue weighted by Crippen LogP contribution is 2.39. The second-order valence-corrected chi connectivity index (χ2v) is 9.77. The van der Waals surface area contributed by atoms with Gasteiger partial charge >= 0.3 is 0 Å². The maximum absolute atomic E-state index is 13.3. The number of carbonyl (C=O) groups is 1. The number of fused-ring (bicyclic) bond motifs is 2.